The molecule has 0 saturated heterocycles. The van der Waals surface area contributed by atoms with Crippen LogP contribution in [-0.2, 0) is 21.4 Å². The summed E-state index contributed by atoms with van der Waals surface area (Å²) in [4.78, 5) is 29.5. The van der Waals surface area contributed by atoms with Crippen LogP contribution in [0.25, 0.3) is 0 Å². The summed E-state index contributed by atoms with van der Waals surface area (Å²) in [5.74, 6) is -0.420. The maximum absolute atomic E-state index is 14.0. The summed E-state index contributed by atoms with van der Waals surface area (Å²) >= 11 is 0. The van der Waals surface area contributed by atoms with Gasteiger partial charge in [-0.15, -0.1) is 12.4 Å². The van der Waals surface area contributed by atoms with Crippen LogP contribution in [-0.4, -0.2) is 16.7 Å². The van der Waals surface area contributed by atoms with Gasteiger partial charge in [0.2, 0.25) is 5.91 Å². The fraction of sp³-hybridized carbons (Fsp3) is 0.240. The number of fused-ring (bicyclic) bond motifs is 1. The number of amides is 1. The third kappa shape index (κ3) is 4.01. The molecule has 4 nitrogen and oxygen atoms in total. The topological polar surface area (TPSA) is 73.1 Å². The smallest absolute Gasteiger partial charge is 0.217 e. The lowest BCUT2D eigenvalue weighted by Gasteiger charge is -2.30. The molecule has 1 aliphatic rings. The van der Waals surface area contributed by atoms with Gasteiger partial charge in [0.15, 0.2) is 5.78 Å². The van der Waals surface area contributed by atoms with Crippen LogP contribution in [0.5, 0.6) is 0 Å². The summed E-state index contributed by atoms with van der Waals surface area (Å²) in [7, 11) is 0. The van der Waals surface area contributed by atoms with Gasteiger partial charge in [-0.2, -0.15) is 0 Å². The van der Waals surface area contributed by atoms with Gasteiger partial charge in [-0.3, -0.25) is 14.6 Å². The minimum Gasteiger partial charge on any atom is -0.370 e. The van der Waals surface area contributed by atoms with Crippen molar-refractivity contribution in [3.63, 3.8) is 0 Å². The molecule has 1 aromatic heterocycles. The van der Waals surface area contributed by atoms with E-state index in [1.807, 2.05) is 54.6 Å². The number of benzene rings is 2. The molecule has 1 aliphatic carbocycles. The van der Waals surface area contributed by atoms with Crippen molar-refractivity contribution in [3.8, 4) is 0 Å². The fourth-order valence-electron chi connectivity index (χ4n) is 4.65. The van der Waals surface area contributed by atoms with Crippen molar-refractivity contribution in [1.29, 1.82) is 0 Å². The largest absolute Gasteiger partial charge is 0.370 e. The van der Waals surface area contributed by atoms with Gasteiger partial charge in [0.1, 0.15) is 0 Å². The van der Waals surface area contributed by atoms with Crippen LogP contribution in [0, 0.1) is 0 Å². The molecule has 1 heterocycles. The number of rotatable bonds is 7. The number of carbonyl (C=O) groups is 2. The van der Waals surface area contributed by atoms with Gasteiger partial charge in [-0.05, 0) is 53.6 Å². The third-order valence-corrected chi connectivity index (χ3v) is 5.94. The van der Waals surface area contributed by atoms with Crippen LogP contribution in [0.1, 0.15) is 47.4 Å². The van der Waals surface area contributed by atoms with Gasteiger partial charge in [0, 0.05) is 18.8 Å². The Hall–Kier alpha value is -2.98. The van der Waals surface area contributed by atoms with E-state index in [2.05, 4.69) is 17.1 Å². The highest BCUT2D eigenvalue weighted by Crippen LogP contribution is 2.50. The van der Waals surface area contributed by atoms with Gasteiger partial charge >= 0.3 is 0 Å². The standard InChI is InChI=1S/C25H24N2O2.ClH/c26-22(28)11-6-14-25(17-18-12-15-27-16-13-18)21-10-5-4-9-20(21)23(24(25)29)19-7-2-1-3-8-19;/h1-5,7-10,12-13,15-16,23H,6,11,14,17H2,(H2,26,28);1H. The van der Waals surface area contributed by atoms with Gasteiger partial charge in [0.05, 0.1) is 11.3 Å². The van der Waals surface area contributed by atoms with Crippen LogP contribution < -0.4 is 5.73 Å². The second kappa shape index (κ2) is 9.23. The molecule has 0 saturated carbocycles. The molecule has 2 N–H and O–H groups in total. The lowest BCUT2D eigenvalue weighted by molar-refractivity contribution is -0.125. The van der Waals surface area contributed by atoms with Crippen molar-refractivity contribution >= 4 is 24.1 Å². The third-order valence-electron chi connectivity index (χ3n) is 5.94. The van der Waals surface area contributed by atoms with Crippen LogP contribution in [0.2, 0.25) is 0 Å². The highest BCUT2D eigenvalue weighted by molar-refractivity contribution is 6.03. The van der Waals surface area contributed by atoms with Crippen molar-refractivity contribution in [2.45, 2.75) is 37.0 Å². The Kier molecular flexibility index (Phi) is 6.68. The average Bonchev–Trinajstić information content (AvgIpc) is 2.97. The fourth-order valence-corrected chi connectivity index (χ4v) is 4.65. The number of Topliss-reactive ketones (excluding diaryl/α,β-unsaturated/α-hetero) is 1. The number of carbonyl (C=O) groups excluding carboxylic acids is 2. The summed E-state index contributed by atoms with van der Waals surface area (Å²) in [5.41, 5.74) is 8.93. The first kappa shape index (κ1) is 21.7. The normalized spacial score (nSPS) is 19.7. The van der Waals surface area contributed by atoms with E-state index in [1.54, 1.807) is 12.4 Å². The molecular formula is C25H25ClN2O2. The minimum atomic E-state index is -0.673. The lowest BCUT2D eigenvalue weighted by Crippen LogP contribution is -2.36. The van der Waals surface area contributed by atoms with Crippen LogP contribution in [0.3, 0.4) is 0 Å². The van der Waals surface area contributed by atoms with Crippen molar-refractivity contribution in [1.82, 2.24) is 4.98 Å². The molecular weight excluding hydrogens is 396 g/mol. The molecule has 0 spiro atoms. The zero-order chi connectivity index (χ0) is 20.3. The Balaban J connectivity index is 0.00000256. The van der Waals surface area contributed by atoms with Crippen LogP contribution in [0.4, 0.5) is 0 Å². The van der Waals surface area contributed by atoms with Crippen molar-refractivity contribution in [3.05, 3.63) is 101 Å². The molecule has 2 aromatic carbocycles. The highest BCUT2D eigenvalue weighted by Gasteiger charge is 2.51. The molecule has 154 valence electrons. The van der Waals surface area contributed by atoms with E-state index in [0.717, 1.165) is 22.3 Å². The summed E-state index contributed by atoms with van der Waals surface area (Å²) < 4.78 is 0. The molecule has 3 aromatic rings. The summed E-state index contributed by atoms with van der Waals surface area (Å²) in [5, 5.41) is 0. The molecule has 0 bridgehead atoms. The number of ketones is 1. The van der Waals surface area contributed by atoms with E-state index in [9.17, 15) is 9.59 Å². The maximum atomic E-state index is 14.0. The first-order valence-electron chi connectivity index (χ1n) is 9.98. The second-order valence-corrected chi connectivity index (χ2v) is 7.73. The molecule has 0 radical (unpaired) electrons. The minimum absolute atomic E-state index is 0. The van der Waals surface area contributed by atoms with Gasteiger partial charge in [-0.1, -0.05) is 54.6 Å². The average molecular weight is 421 g/mol. The zero-order valence-electron chi connectivity index (χ0n) is 16.7. The number of nitrogens with zero attached hydrogens (tertiary/aromatic N) is 1. The predicted octanol–water partition coefficient (Wildman–Crippen LogP) is 4.35. The Morgan fingerprint density at radius 2 is 1.63 bits per heavy atom. The monoisotopic (exact) mass is 420 g/mol. The Labute approximate surface area is 182 Å². The molecule has 5 heteroatoms. The first-order chi connectivity index (χ1) is 14.1. The van der Waals surface area contributed by atoms with E-state index in [-0.39, 0.29) is 36.4 Å². The number of hydrogen-bond acceptors (Lipinski definition) is 3. The number of primary amides is 1. The SMILES string of the molecule is Cl.NC(=O)CCCC1(Cc2ccncc2)C(=O)C(c2ccccc2)c2ccccc21. The highest BCUT2D eigenvalue weighted by atomic mass is 35.5. The van der Waals surface area contributed by atoms with Crippen molar-refractivity contribution < 1.29 is 9.59 Å². The van der Waals surface area contributed by atoms with Crippen LogP contribution in [0.15, 0.2) is 79.1 Å². The number of aromatic nitrogens is 1. The molecule has 2 atom stereocenters. The van der Waals surface area contributed by atoms with E-state index < -0.39 is 5.41 Å². The summed E-state index contributed by atoms with van der Waals surface area (Å²) in [6, 6.07) is 22.0. The number of pyridine rings is 1. The van der Waals surface area contributed by atoms with Gasteiger partial charge in [-0.25, -0.2) is 0 Å². The van der Waals surface area contributed by atoms with Crippen LogP contribution >= 0.6 is 12.4 Å². The second-order valence-electron chi connectivity index (χ2n) is 7.73. The quantitative estimate of drug-likeness (QED) is 0.617. The zero-order valence-corrected chi connectivity index (χ0v) is 17.5. The Morgan fingerprint density at radius 1 is 0.967 bits per heavy atom. The van der Waals surface area contributed by atoms with E-state index in [1.165, 1.54) is 0 Å². The summed E-state index contributed by atoms with van der Waals surface area (Å²) in [6.45, 7) is 0. The Bertz CT molecular complexity index is 1020. The first-order valence-corrected chi connectivity index (χ1v) is 9.98. The van der Waals surface area contributed by atoms with Gasteiger partial charge in [0.25, 0.3) is 0 Å². The maximum Gasteiger partial charge on any atom is 0.217 e. The summed E-state index contributed by atoms with van der Waals surface area (Å²) in [6.07, 6.45) is 5.56. The lowest BCUT2D eigenvalue weighted by atomic mass is 9.71. The molecule has 30 heavy (non-hydrogen) atoms. The van der Waals surface area contributed by atoms with Crippen molar-refractivity contribution in [2.24, 2.45) is 5.73 Å². The number of hydrogen-bond donors (Lipinski definition) is 1. The molecule has 0 fully saturated rings. The molecule has 2 unspecified atom stereocenters. The van der Waals surface area contributed by atoms with E-state index in [0.29, 0.717) is 19.3 Å². The van der Waals surface area contributed by atoms with E-state index in [4.69, 9.17) is 5.73 Å². The van der Waals surface area contributed by atoms with E-state index >= 15 is 0 Å². The molecule has 0 aliphatic heterocycles. The molecule has 1 amide bonds. The molecule has 4 rings (SSSR count). The Morgan fingerprint density at radius 3 is 2.33 bits per heavy atom. The number of halogens is 1. The van der Waals surface area contributed by atoms with Crippen molar-refractivity contribution in [2.75, 3.05) is 0 Å². The van der Waals surface area contributed by atoms with Gasteiger partial charge < -0.3 is 5.73 Å². The number of nitrogens with two attached hydrogens (primary N) is 1. The predicted molar refractivity (Wildman–Crippen MR) is 120 cm³/mol.